The highest BCUT2D eigenvalue weighted by atomic mass is 35.5. The molecule has 0 bridgehead atoms. The first-order chi connectivity index (χ1) is 12.8. The lowest BCUT2D eigenvalue weighted by Gasteiger charge is -2.04. The Morgan fingerprint density at radius 1 is 0.731 bits per heavy atom. The maximum atomic E-state index is 5.96. The van der Waals surface area contributed by atoms with Gasteiger partial charge in [-0.25, -0.2) is 15.0 Å². The molecule has 0 spiro atoms. The second-order valence-corrected chi connectivity index (χ2v) is 6.31. The Hall–Kier alpha value is -3.31. The van der Waals surface area contributed by atoms with Gasteiger partial charge in [0.2, 0.25) is 5.78 Å². The summed E-state index contributed by atoms with van der Waals surface area (Å²) < 4.78 is 1.91. The molecule has 0 fully saturated rings. The van der Waals surface area contributed by atoms with E-state index in [9.17, 15) is 0 Å². The third-order valence-electron chi connectivity index (χ3n) is 4.23. The number of aromatic nitrogens is 5. The second-order valence-electron chi connectivity index (χ2n) is 5.88. The van der Waals surface area contributed by atoms with Crippen LogP contribution < -0.4 is 0 Å². The van der Waals surface area contributed by atoms with Gasteiger partial charge in [0.1, 0.15) is 5.69 Å². The van der Waals surface area contributed by atoms with Gasteiger partial charge in [0.05, 0.1) is 34.8 Å². The topological polar surface area (TPSA) is 56.0 Å². The monoisotopic (exact) mass is 357 g/mol. The molecule has 5 aromatic rings. The largest absolute Gasteiger partial charge is 0.282 e. The molecule has 2 aromatic carbocycles. The molecule has 0 N–H and O–H groups in total. The number of rotatable bonds is 2. The van der Waals surface area contributed by atoms with E-state index in [1.807, 2.05) is 65.2 Å². The van der Waals surface area contributed by atoms with Crippen LogP contribution in [0.25, 0.3) is 39.5 Å². The summed E-state index contributed by atoms with van der Waals surface area (Å²) >= 11 is 5.96. The van der Waals surface area contributed by atoms with Gasteiger partial charge in [-0.15, -0.1) is 0 Å². The Morgan fingerprint density at radius 3 is 2.38 bits per heavy atom. The Kier molecular flexibility index (Phi) is 3.40. The van der Waals surface area contributed by atoms with Crippen LogP contribution in [0.2, 0.25) is 5.02 Å². The molecule has 0 amide bonds. The van der Waals surface area contributed by atoms with Crippen molar-refractivity contribution in [2.45, 2.75) is 0 Å². The van der Waals surface area contributed by atoms with Crippen molar-refractivity contribution in [3.63, 3.8) is 0 Å². The fourth-order valence-electron chi connectivity index (χ4n) is 2.92. The third kappa shape index (κ3) is 2.50. The van der Waals surface area contributed by atoms with E-state index in [-0.39, 0.29) is 0 Å². The number of hydrogen-bond donors (Lipinski definition) is 0. The quantitative estimate of drug-likeness (QED) is 0.461. The molecule has 124 valence electrons. The van der Waals surface area contributed by atoms with Crippen LogP contribution in [0.15, 0.2) is 73.2 Å². The number of imidazole rings is 1. The summed E-state index contributed by atoms with van der Waals surface area (Å²) in [4.78, 5) is 18.3. The highest BCUT2D eigenvalue weighted by molar-refractivity contribution is 6.30. The van der Waals surface area contributed by atoms with Crippen LogP contribution >= 0.6 is 11.6 Å². The highest BCUT2D eigenvalue weighted by Gasteiger charge is 2.11. The zero-order valence-electron chi connectivity index (χ0n) is 13.5. The number of para-hydroxylation sites is 2. The van der Waals surface area contributed by atoms with Crippen molar-refractivity contribution in [1.82, 2.24) is 24.3 Å². The van der Waals surface area contributed by atoms with Gasteiger partial charge in [-0.05, 0) is 30.3 Å². The predicted molar refractivity (Wildman–Crippen MR) is 102 cm³/mol. The number of hydrogen-bond acceptors (Lipinski definition) is 4. The van der Waals surface area contributed by atoms with Gasteiger partial charge in [-0.3, -0.25) is 9.38 Å². The van der Waals surface area contributed by atoms with E-state index >= 15 is 0 Å². The van der Waals surface area contributed by atoms with Crippen molar-refractivity contribution in [2.75, 3.05) is 0 Å². The van der Waals surface area contributed by atoms with Crippen LogP contribution in [0.1, 0.15) is 0 Å². The SMILES string of the molecule is Clc1ccc(-c2ccn3c(-c4cnc5ccccc5n4)cnc3n2)cc1. The molecule has 26 heavy (non-hydrogen) atoms. The van der Waals surface area contributed by atoms with Crippen LogP contribution in [-0.4, -0.2) is 24.3 Å². The maximum absolute atomic E-state index is 5.96. The normalized spacial score (nSPS) is 11.3. The Labute approximate surface area is 154 Å². The van der Waals surface area contributed by atoms with Crippen molar-refractivity contribution in [3.05, 3.63) is 78.2 Å². The van der Waals surface area contributed by atoms with Crippen LogP contribution in [0.5, 0.6) is 0 Å². The molecule has 0 atom stereocenters. The standard InChI is InChI=1S/C20H12ClN5/c21-14-7-5-13(6-8-14)15-9-10-26-19(12-23-20(26)25-15)18-11-22-16-3-1-2-4-17(16)24-18/h1-12H. The van der Waals surface area contributed by atoms with Gasteiger partial charge in [-0.2, -0.15) is 0 Å². The van der Waals surface area contributed by atoms with Crippen LogP contribution in [0.3, 0.4) is 0 Å². The molecule has 0 unspecified atom stereocenters. The summed E-state index contributed by atoms with van der Waals surface area (Å²) in [5.41, 5.74) is 5.17. The third-order valence-corrected chi connectivity index (χ3v) is 4.48. The fraction of sp³-hybridized carbons (Fsp3) is 0. The van der Waals surface area contributed by atoms with E-state index in [0.717, 1.165) is 33.7 Å². The minimum Gasteiger partial charge on any atom is -0.282 e. The lowest BCUT2D eigenvalue weighted by atomic mass is 10.1. The molecular formula is C20H12ClN5. The van der Waals surface area contributed by atoms with Crippen LogP contribution in [-0.2, 0) is 0 Å². The predicted octanol–water partition coefficient (Wildman–Crippen LogP) is 4.66. The van der Waals surface area contributed by atoms with Crippen molar-refractivity contribution in [2.24, 2.45) is 0 Å². The summed E-state index contributed by atoms with van der Waals surface area (Å²) in [6.45, 7) is 0. The van der Waals surface area contributed by atoms with Crippen LogP contribution in [0.4, 0.5) is 0 Å². The van der Waals surface area contributed by atoms with Crippen molar-refractivity contribution < 1.29 is 0 Å². The molecule has 0 saturated heterocycles. The minimum atomic E-state index is 0.613. The van der Waals surface area contributed by atoms with E-state index in [4.69, 9.17) is 16.6 Å². The van der Waals surface area contributed by atoms with E-state index in [0.29, 0.717) is 10.8 Å². The number of nitrogens with zero attached hydrogens (tertiary/aromatic N) is 5. The molecule has 0 radical (unpaired) electrons. The lowest BCUT2D eigenvalue weighted by molar-refractivity contribution is 1.10. The van der Waals surface area contributed by atoms with E-state index in [1.54, 1.807) is 12.4 Å². The lowest BCUT2D eigenvalue weighted by Crippen LogP contribution is -1.95. The van der Waals surface area contributed by atoms with Gasteiger partial charge in [-0.1, -0.05) is 35.9 Å². The van der Waals surface area contributed by atoms with Gasteiger partial charge in [0, 0.05) is 16.8 Å². The Bertz CT molecular complexity index is 1240. The minimum absolute atomic E-state index is 0.613. The van der Waals surface area contributed by atoms with Crippen LogP contribution in [0, 0.1) is 0 Å². The average molecular weight is 358 g/mol. The molecule has 0 aliphatic carbocycles. The molecule has 5 nitrogen and oxygen atoms in total. The van der Waals surface area contributed by atoms with E-state index in [1.165, 1.54) is 0 Å². The average Bonchev–Trinajstić information content (AvgIpc) is 3.11. The summed E-state index contributed by atoms with van der Waals surface area (Å²) in [6.07, 6.45) is 5.48. The fourth-order valence-corrected chi connectivity index (χ4v) is 3.05. The molecule has 3 aromatic heterocycles. The summed E-state index contributed by atoms with van der Waals surface area (Å²) in [7, 11) is 0. The Balaban J connectivity index is 1.61. The summed E-state index contributed by atoms with van der Waals surface area (Å²) in [5.74, 6) is 0.613. The first-order valence-electron chi connectivity index (χ1n) is 8.10. The zero-order chi connectivity index (χ0) is 17.5. The van der Waals surface area contributed by atoms with Gasteiger partial charge in [0.25, 0.3) is 0 Å². The molecule has 0 saturated carbocycles. The molecule has 6 heteroatoms. The molecular weight excluding hydrogens is 346 g/mol. The summed E-state index contributed by atoms with van der Waals surface area (Å²) in [5, 5.41) is 0.702. The molecule has 5 rings (SSSR count). The van der Waals surface area contributed by atoms with Gasteiger partial charge in [0.15, 0.2) is 0 Å². The summed E-state index contributed by atoms with van der Waals surface area (Å²) in [6, 6.07) is 17.3. The zero-order valence-corrected chi connectivity index (χ0v) is 14.3. The van der Waals surface area contributed by atoms with Crippen molar-refractivity contribution in [3.8, 4) is 22.6 Å². The molecule has 0 aliphatic heterocycles. The van der Waals surface area contributed by atoms with Crippen molar-refractivity contribution >= 4 is 28.4 Å². The van der Waals surface area contributed by atoms with Gasteiger partial charge < -0.3 is 0 Å². The highest BCUT2D eigenvalue weighted by Crippen LogP contribution is 2.23. The first kappa shape index (κ1) is 15.0. The first-order valence-corrected chi connectivity index (χ1v) is 8.48. The molecule has 3 heterocycles. The number of halogens is 1. The maximum Gasteiger partial charge on any atom is 0.234 e. The number of benzene rings is 2. The molecule has 0 aliphatic rings. The van der Waals surface area contributed by atoms with Gasteiger partial charge >= 0.3 is 0 Å². The smallest absolute Gasteiger partial charge is 0.234 e. The van der Waals surface area contributed by atoms with E-state index in [2.05, 4.69) is 15.0 Å². The Morgan fingerprint density at radius 2 is 1.54 bits per heavy atom. The second kappa shape index (κ2) is 5.89. The van der Waals surface area contributed by atoms with Crippen molar-refractivity contribution in [1.29, 1.82) is 0 Å². The van der Waals surface area contributed by atoms with E-state index < -0.39 is 0 Å². The number of fused-ring (bicyclic) bond motifs is 2.